The van der Waals surface area contributed by atoms with Crippen molar-refractivity contribution in [2.75, 3.05) is 0 Å². The highest BCUT2D eigenvalue weighted by Gasteiger charge is 2.63. The van der Waals surface area contributed by atoms with Crippen molar-refractivity contribution in [3.63, 3.8) is 0 Å². The summed E-state index contributed by atoms with van der Waals surface area (Å²) in [5.74, 6) is -1.69. The molecule has 1 amide bonds. The zero-order valence-corrected chi connectivity index (χ0v) is 16.7. The molecule has 6 heteroatoms. The van der Waals surface area contributed by atoms with Crippen molar-refractivity contribution in [2.24, 2.45) is 0 Å². The van der Waals surface area contributed by atoms with Gasteiger partial charge in [0.2, 0.25) is 0 Å². The fourth-order valence-electron chi connectivity index (χ4n) is 4.59. The number of carbonyl (C=O) groups excluding carboxylic acids is 1. The first-order chi connectivity index (χ1) is 13.1. The van der Waals surface area contributed by atoms with Crippen molar-refractivity contribution >= 4 is 23.7 Å². The summed E-state index contributed by atoms with van der Waals surface area (Å²) >= 11 is 7.15. The van der Waals surface area contributed by atoms with Crippen molar-refractivity contribution in [3.05, 3.63) is 70.8 Å². The van der Waals surface area contributed by atoms with Crippen LogP contribution in [-0.2, 0) is 14.4 Å². The molecule has 0 aliphatic heterocycles. The summed E-state index contributed by atoms with van der Waals surface area (Å²) in [7, 11) is 0. The van der Waals surface area contributed by atoms with Crippen molar-refractivity contribution in [1.29, 1.82) is 0 Å². The van der Waals surface area contributed by atoms with Crippen LogP contribution in [0.2, 0.25) is 0 Å². The summed E-state index contributed by atoms with van der Waals surface area (Å²) in [6.07, 6.45) is -0.730. The van der Waals surface area contributed by atoms with Gasteiger partial charge >= 0.3 is 12.1 Å². The number of halogens is 1. The third kappa shape index (κ3) is 2.60. The van der Waals surface area contributed by atoms with Gasteiger partial charge in [0.15, 0.2) is 5.54 Å². The Morgan fingerprint density at radius 3 is 2.04 bits per heavy atom. The highest BCUT2D eigenvalue weighted by molar-refractivity contribution is 6.27. The summed E-state index contributed by atoms with van der Waals surface area (Å²) < 4.78 is 5.38. The van der Waals surface area contributed by atoms with E-state index in [1.54, 1.807) is 20.8 Å². The van der Waals surface area contributed by atoms with Gasteiger partial charge in [-0.2, -0.15) is 0 Å². The molecule has 1 atom stereocenters. The number of amides is 1. The number of alkyl halides is 1. The van der Waals surface area contributed by atoms with Crippen LogP contribution in [0.15, 0.2) is 48.5 Å². The number of fused-ring (bicyclic) bond motifs is 1. The minimum absolute atomic E-state index is 0.0365. The van der Waals surface area contributed by atoms with Gasteiger partial charge < -0.3 is 15.2 Å². The van der Waals surface area contributed by atoms with Crippen molar-refractivity contribution < 1.29 is 19.4 Å². The molecule has 0 aromatic heterocycles. The molecule has 28 heavy (non-hydrogen) atoms. The molecular weight excluding hydrogens is 378 g/mol. The molecule has 0 radical (unpaired) electrons. The maximum Gasteiger partial charge on any atom is 0.408 e. The first kappa shape index (κ1) is 18.8. The monoisotopic (exact) mass is 399 g/mol. The third-order valence-electron chi connectivity index (χ3n) is 5.52. The molecule has 0 heterocycles. The van der Waals surface area contributed by atoms with Crippen LogP contribution in [-0.4, -0.2) is 28.3 Å². The van der Waals surface area contributed by atoms with Crippen LogP contribution in [0.25, 0.3) is 0 Å². The number of hydrogen-bond acceptors (Lipinski definition) is 3. The van der Waals surface area contributed by atoms with Gasteiger partial charge in [-0.25, -0.2) is 9.59 Å². The number of carbonyl (C=O) groups is 2. The van der Waals surface area contributed by atoms with Gasteiger partial charge in [-0.1, -0.05) is 48.5 Å². The maximum atomic E-state index is 12.6. The van der Waals surface area contributed by atoms with Crippen molar-refractivity contribution in [1.82, 2.24) is 5.32 Å². The Morgan fingerprint density at radius 2 is 1.57 bits per heavy atom. The highest BCUT2D eigenvalue weighted by atomic mass is 35.5. The lowest BCUT2D eigenvalue weighted by molar-refractivity contribution is -0.147. The highest BCUT2D eigenvalue weighted by Crippen LogP contribution is 2.62. The number of nitrogens with one attached hydrogen (secondary N) is 1. The molecule has 3 aliphatic rings. The summed E-state index contributed by atoms with van der Waals surface area (Å²) in [5, 5.41) is 13.0. The van der Waals surface area contributed by atoms with Crippen LogP contribution < -0.4 is 5.32 Å². The predicted molar refractivity (Wildman–Crippen MR) is 106 cm³/mol. The molecular formula is C22H22ClNO4. The summed E-state index contributed by atoms with van der Waals surface area (Å²) in [4.78, 5) is 24.2. The Bertz CT molecular complexity index is 933. The number of carboxylic acids is 1. The van der Waals surface area contributed by atoms with Crippen LogP contribution in [0.1, 0.15) is 55.4 Å². The number of ether oxygens (including phenoxy) is 1. The number of alkyl carbamates (subject to hydrolysis) is 1. The molecule has 2 N–H and O–H groups in total. The summed E-state index contributed by atoms with van der Waals surface area (Å²) in [5.41, 5.74) is 1.08. The molecule has 5 rings (SSSR count). The van der Waals surface area contributed by atoms with Crippen LogP contribution >= 0.6 is 11.6 Å². The van der Waals surface area contributed by atoms with E-state index >= 15 is 0 Å². The first-order valence-corrected chi connectivity index (χ1v) is 9.58. The minimum Gasteiger partial charge on any atom is -0.479 e. The lowest BCUT2D eigenvalue weighted by atomic mass is 9.55. The molecule has 0 spiro atoms. The van der Waals surface area contributed by atoms with Crippen LogP contribution in [0.4, 0.5) is 4.79 Å². The van der Waals surface area contributed by atoms with E-state index in [2.05, 4.69) is 5.32 Å². The Morgan fingerprint density at radius 1 is 1.07 bits per heavy atom. The minimum atomic E-state index is -1.60. The lowest BCUT2D eigenvalue weighted by Gasteiger charge is -2.54. The Kier molecular flexibility index (Phi) is 4.02. The Labute approximate surface area is 168 Å². The smallest absolute Gasteiger partial charge is 0.408 e. The van der Waals surface area contributed by atoms with Crippen LogP contribution in [0.5, 0.6) is 0 Å². The molecule has 3 aliphatic carbocycles. The second-order valence-corrected chi connectivity index (χ2v) is 9.13. The predicted octanol–water partition coefficient (Wildman–Crippen LogP) is 4.37. The van der Waals surface area contributed by atoms with E-state index in [1.165, 1.54) is 0 Å². The van der Waals surface area contributed by atoms with E-state index in [1.807, 2.05) is 48.5 Å². The zero-order valence-electron chi connectivity index (χ0n) is 16.0. The van der Waals surface area contributed by atoms with Crippen LogP contribution in [0, 0.1) is 0 Å². The quantitative estimate of drug-likeness (QED) is 0.735. The van der Waals surface area contributed by atoms with Gasteiger partial charge in [-0.3, -0.25) is 0 Å². The van der Waals surface area contributed by atoms with E-state index in [9.17, 15) is 14.7 Å². The van der Waals surface area contributed by atoms with Crippen molar-refractivity contribution in [2.45, 2.75) is 49.1 Å². The van der Waals surface area contributed by atoms with Gasteiger partial charge in [-0.15, -0.1) is 11.6 Å². The van der Waals surface area contributed by atoms with Gasteiger partial charge in [0.05, 0.1) is 4.87 Å². The number of carboxylic acid groups (broad SMARTS) is 1. The van der Waals surface area contributed by atoms with Gasteiger partial charge in [0.1, 0.15) is 5.60 Å². The molecule has 2 aromatic rings. The first-order valence-electron chi connectivity index (χ1n) is 9.21. The molecule has 0 saturated carbocycles. The Balaban J connectivity index is 1.91. The number of rotatable bonds is 2. The fraction of sp³-hybridized carbons (Fsp3) is 0.364. The third-order valence-corrected chi connectivity index (χ3v) is 6.06. The number of aliphatic carboxylic acids is 1. The van der Waals surface area contributed by atoms with Gasteiger partial charge in [0, 0.05) is 12.3 Å². The van der Waals surface area contributed by atoms with E-state index in [0.29, 0.717) is 0 Å². The second-order valence-electron chi connectivity index (χ2n) is 8.49. The molecule has 2 bridgehead atoms. The molecule has 1 unspecified atom stereocenters. The fourth-order valence-corrected chi connectivity index (χ4v) is 5.15. The molecule has 2 aromatic carbocycles. The van der Waals surface area contributed by atoms with E-state index in [4.69, 9.17) is 16.3 Å². The largest absolute Gasteiger partial charge is 0.479 e. The average Bonchev–Trinajstić information content (AvgIpc) is 2.60. The maximum absolute atomic E-state index is 12.6. The SMILES string of the molecule is CC(C)(C)OC(=O)NC1(C(=O)O)CC2(Cl)c3ccccc3C1c1ccccc12. The van der Waals surface area contributed by atoms with E-state index in [-0.39, 0.29) is 6.42 Å². The van der Waals surface area contributed by atoms with Crippen molar-refractivity contribution in [3.8, 4) is 0 Å². The molecule has 0 fully saturated rings. The topological polar surface area (TPSA) is 75.6 Å². The average molecular weight is 400 g/mol. The van der Waals surface area contributed by atoms with E-state index in [0.717, 1.165) is 22.3 Å². The van der Waals surface area contributed by atoms with Gasteiger partial charge in [-0.05, 0) is 43.0 Å². The molecule has 5 nitrogen and oxygen atoms in total. The normalized spacial score (nSPS) is 27.5. The molecule has 146 valence electrons. The number of benzene rings is 2. The summed E-state index contributed by atoms with van der Waals surface area (Å²) in [6, 6.07) is 15.2. The summed E-state index contributed by atoms with van der Waals surface area (Å²) in [6.45, 7) is 5.21. The standard InChI is InChI=1S/C22H22ClNO4/c1-20(2,3)28-19(27)24-22(18(25)26)12-21(23)15-10-6-4-8-13(15)17(22)14-9-5-7-11-16(14)21/h4-11,17H,12H2,1-3H3,(H,24,27)(H,25,26). The molecule has 0 saturated heterocycles. The second kappa shape index (κ2) is 5.98. The lowest BCUT2D eigenvalue weighted by Crippen LogP contribution is -2.66. The van der Waals surface area contributed by atoms with Crippen LogP contribution in [0.3, 0.4) is 0 Å². The Hall–Kier alpha value is -2.53. The zero-order chi connectivity index (χ0) is 20.3. The van der Waals surface area contributed by atoms with E-state index < -0.39 is 34.0 Å². The van der Waals surface area contributed by atoms with Gasteiger partial charge in [0.25, 0.3) is 0 Å². The number of hydrogen-bond donors (Lipinski definition) is 2.